The molecular formula is C82H76Au4P4+4. The number of rotatable bonds is 8. The summed E-state index contributed by atoms with van der Waals surface area (Å²) in [6.45, 7) is 14.5. The van der Waals surface area contributed by atoms with Crippen molar-refractivity contribution in [3.8, 4) is 68.2 Å². The van der Waals surface area contributed by atoms with Gasteiger partial charge in [-0.1, -0.05) is 163 Å². The van der Waals surface area contributed by atoms with Gasteiger partial charge in [0.15, 0.2) is 0 Å². The summed E-state index contributed by atoms with van der Waals surface area (Å²) in [5.74, 6) is 9.75. The van der Waals surface area contributed by atoms with E-state index >= 15 is 0 Å². The summed E-state index contributed by atoms with van der Waals surface area (Å²) in [6.07, 6.45) is 38.4. The van der Waals surface area contributed by atoms with Crippen LogP contribution in [0, 0.1) is 49.4 Å². The van der Waals surface area contributed by atoms with E-state index in [-0.39, 0.29) is 121 Å². The molecule has 0 amide bonds. The van der Waals surface area contributed by atoms with Gasteiger partial charge in [-0.25, -0.2) is 0 Å². The van der Waals surface area contributed by atoms with Crippen molar-refractivity contribution >= 4 is 42.3 Å². The maximum atomic E-state index is 7.14. The second-order valence-corrected chi connectivity index (χ2v) is 34.1. The molecule has 0 saturated heterocycles. The van der Waals surface area contributed by atoms with Gasteiger partial charge >= 0.3 is 89.5 Å². The minimum Gasteiger partial charge on any atom is -0.366 e. The molecule has 0 aliphatic heterocycles. The van der Waals surface area contributed by atoms with Crippen molar-refractivity contribution in [3.05, 3.63) is 323 Å². The molecule has 0 nitrogen and oxygen atoms in total. The predicted molar refractivity (Wildman–Crippen MR) is 384 cm³/mol. The van der Waals surface area contributed by atoms with Crippen molar-refractivity contribution in [2.75, 3.05) is 64.6 Å². The first-order valence-electron chi connectivity index (χ1n) is 29.8. The Bertz CT molecular complexity index is 3820. The molecule has 0 heterocycles. The van der Waals surface area contributed by atoms with Crippen LogP contribution < -0.4 is 10.6 Å². The fraction of sp³-hybridized carbons (Fsp3) is 0.171. The molecule has 2 atom stereocenters. The molecule has 0 fully saturated rings. The van der Waals surface area contributed by atoms with Crippen LogP contribution in [-0.4, -0.2) is 64.6 Å². The van der Waals surface area contributed by atoms with Crippen LogP contribution in [0.1, 0.15) is 66.8 Å². The topological polar surface area (TPSA) is 0 Å². The Morgan fingerprint density at radius 3 is 0.811 bits per heavy atom. The van der Waals surface area contributed by atoms with Gasteiger partial charge in [-0.15, -0.1) is 70.8 Å². The van der Waals surface area contributed by atoms with Crippen LogP contribution in [0.5, 0.6) is 0 Å². The van der Waals surface area contributed by atoms with Crippen LogP contribution in [0.4, 0.5) is 0 Å². The van der Waals surface area contributed by atoms with Crippen molar-refractivity contribution < 1.29 is 89.5 Å². The normalized spacial score (nSPS) is 11.6. The average molecular weight is 1970 g/mol. The number of fused-ring (bicyclic) bond motifs is 12. The van der Waals surface area contributed by atoms with E-state index in [0.717, 1.165) is 47.9 Å². The Kier molecular flexibility index (Phi) is 32.3. The molecular weight excluding hydrogens is 1900 g/mol. The minimum atomic E-state index is -0.344. The first-order valence-corrected chi connectivity index (χ1v) is 39.7. The predicted octanol–water partition coefficient (Wildman–Crippen LogP) is 18.0. The van der Waals surface area contributed by atoms with Gasteiger partial charge in [-0.3, -0.25) is 23.7 Å². The molecule has 0 saturated carbocycles. The summed E-state index contributed by atoms with van der Waals surface area (Å²) >= 11 is 0. The summed E-state index contributed by atoms with van der Waals surface area (Å²) in [5, 5.41) is 3.15. The summed E-state index contributed by atoms with van der Waals surface area (Å²) < 4.78 is 0. The molecule has 4 aliphatic rings. The van der Waals surface area contributed by atoms with Crippen LogP contribution in [0.25, 0.3) is 44.5 Å². The second-order valence-electron chi connectivity index (χ2n) is 23.0. The van der Waals surface area contributed by atoms with Gasteiger partial charge in [0.05, 0.1) is 48.6 Å². The zero-order chi connectivity index (χ0) is 60.4. The van der Waals surface area contributed by atoms with Crippen molar-refractivity contribution in [2.24, 2.45) is 0 Å². The van der Waals surface area contributed by atoms with Gasteiger partial charge in [0, 0.05) is 42.5 Å². The fourth-order valence-corrected chi connectivity index (χ4v) is 20.5. The quantitative estimate of drug-likeness (QED) is 0.0616. The molecule has 2 unspecified atom stereocenters. The van der Waals surface area contributed by atoms with E-state index in [4.69, 9.17) is 25.7 Å². The molecule has 464 valence electrons. The van der Waals surface area contributed by atoms with Crippen LogP contribution in [0.3, 0.4) is 0 Å². The molecule has 10 aromatic rings. The van der Waals surface area contributed by atoms with Crippen molar-refractivity contribution in [3.63, 3.8) is 0 Å². The summed E-state index contributed by atoms with van der Waals surface area (Å²) in [5.41, 5.74) is 24.7. The van der Waals surface area contributed by atoms with E-state index in [1.54, 1.807) is 10.6 Å². The number of hydrogen-bond acceptors (Lipinski definition) is 0. The molecule has 0 N–H and O–H groups in total. The largest absolute Gasteiger partial charge is 1.00 e. The van der Waals surface area contributed by atoms with Gasteiger partial charge in [0.1, 0.15) is 0 Å². The molecule has 4 aliphatic carbocycles. The van der Waals surface area contributed by atoms with E-state index in [2.05, 4.69) is 252 Å². The summed E-state index contributed by atoms with van der Waals surface area (Å²) in [6, 6.07) is 80.3. The van der Waals surface area contributed by atoms with Crippen LogP contribution >= 0.6 is 31.7 Å². The number of benzene rings is 10. The van der Waals surface area contributed by atoms with E-state index in [1.165, 1.54) is 114 Å². The van der Waals surface area contributed by atoms with Crippen LogP contribution in [-0.2, 0) is 115 Å². The molecule has 0 bridgehead atoms. The average Bonchev–Trinajstić information content (AvgIpc) is 1.72. The zero-order valence-electron chi connectivity index (χ0n) is 51.8. The van der Waals surface area contributed by atoms with Gasteiger partial charge < -0.3 is 25.7 Å². The van der Waals surface area contributed by atoms with Gasteiger partial charge in [0.2, 0.25) is 0 Å². The molecule has 0 spiro atoms. The van der Waals surface area contributed by atoms with Gasteiger partial charge in [-0.05, 0) is 149 Å². The Labute approximate surface area is 607 Å². The van der Waals surface area contributed by atoms with E-state index in [0.29, 0.717) is 0 Å². The van der Waals surface area contributed by atoms with Crippen molar-refractivity contribution in [1.82, 2.24) is 0 Å². The molecule has 14 rings (SSSR count). The standard InChI is InChI=1S/C16H20P2.4C15H9.C6H16P2.4Au/c1-17(15-9-5-3-6-10-15)13-14-18(2)16-11-7-4-8-12-16;1-2-11-7-8-15-13(9-11)10-12-5-3-4-6-14(12)15;3*1-2-11-7-8-13-10-12-5-3-4-6-14(12)15(13)9-11;1-7(2)5-6-8(3)4;;;;/h3-12H,13-14H2,1-2H3;4*3-9H,10H2;5-6H2,1-4H3;;;;/q;4*-1;;4*+1/p+4. The SMILES string of the molecule is C[PH+](C)CC[PH+](C)C.C[PH+](CC[PH+](C)c1ccccc1)c1ccccc1.[Au+].[Au+].[Au+].[Au+].[C-]#Cc1ccc2c(c1)-c1ccccc1C2.[C-]#Cc1ccc2c(c1)-c1ccccc1C2.[C-]#Cc1ccc2c(c1)-c1ccccc1C2.[C-]#Cc1ccc2c(c1)Cc1ccccc1-2. The fourth-order valence-electron chi connectivity index (χ4n) is 11.4. The third kappa shape index (κ3) is 20.6. The van der Waals surface area contributed by atoms with E-state index in [9.17, 15) is 0 Å². The smallest absolute Gasteiger partial charge is 0.366 e. The zero-order valence-corrected chi connectivity index (χ0v) is 64.5. The Morgan fingerprint density at radius 2 is 0.500 bits per heavy atom. The monoisotopic (exact) mass is 1970 g/mol. The summed E-state index contributed by atoms with van der Waals surface area (Å²) in [4.78, 5) is 0. The molecule has 8 heteroatoms. The van der Waals surface area contributed by atoms with E-state index < -0.39 is 0 Å². The van der Waals surface area contributed by atoms with E-state index in [1.807, 2.05) is 42.5 Å². The Hall–Kier alpha value is -4.88. The maximum Gasteiger partial charge on any atom is 1.00 e. The maximum absolute atomic E-state index is 7.14. The Balaban J connectivity index is 0.000000197. The molecule has 90 heavy (non-hydrogen) atoms. The first-order chi connectivity index (χ1) is 41.9. The third-order valence-corrected chi connectivity index (χ3v) is 24.4. The molecule has 10 aromatic carbocycles. The van der Waals surface area contributed by atoms with Crippen LogP contribution in [0.2, 0.25) is 0 Å². The first kappa shape index (κ1) is 75.8. The summed E-state index contributed by atoms with van der Waals surface area (Å²) in [7, 11) is -0.496. The number of hydrogen-bond donors (Lipinski definition) is 0. The van der Waals surface area contributed by atoms with Crippen LogP contribution in [0.15, 0.2) is 231 Å². The van der Waals surface area contributed by atoms with Gasteiger partial charge in [0.25, 0.3) is 0 Å². The minimum absolute atomic E-state index is 0. The second kappa shape index (κ2) is 38.3. The molecule has 0 aromatic heterocycles. The van der Waals surface area contributed by atoms with Crippen molar-refractivity contribution in [2.45, 2.75) is 25.7 Å². The molecule has 0 radical (unpaired) electrons. The van der Waals surface area contributed by atoms with Crippen molar-refractivity contribution in [1.29, 1.82) is 0 Å². The van der Waals surface area contributed by atoms with Gasteiger partial charge in [-0.2, -0.15) is 0 Å². The Morgan fingerprint density at radius 1 is 0.256 bits per heavy atom. The third-order valence-electron chi connectivity index (χ3n) is 16.3.